The highest BCUT2D eigenvalue weighted by Gasteiger charge is 2.30. The van der Waals surface area contributed by atoms with Gasteiger partial charge < -0.3 is 9.80 Å². The molecule has 0 bridgehead atoms. The lowest BCUT2D eigenvalue weighted by molar-refractivity contribution is -0.133. The van der Waals surface area contributed by atoms with Crippen molar-refractivity contribution in [3.8, 4) is 0 Å². The first-order valence-corrected chi connectivity index (χ1v) is 13.2. The molecule has 0 atom stereocenters. The fourth-order valence-corrected chi connectivity index (χ4v) is 5.93. The minimum Gasteiger partial charge on any atom is -0.332 e. The predicted molar refractivity (Wildman–Crippen MR) is 132 cm³/mol. The van der Waals surface area contributed by atoms with Gasteiger partial charge >= 0.3 is 0 Å². The summed E-state index contributed by atoms with van der Waals surface area (Å²) in [6.45, 7) is 2.96. The fourth-order valence-electron chi connectivity index (χ4n) is 4.33. The minimum absolute atomic E-state index is 0.0562. The third-order valence-electron chi connectivity index (χ3n) is 6.26. The molecule has 3 aromatic rings. The SMILES string of the molecule is Cc1ccsc1CN(Cc1ccc(F)cc1)C(=O)CN(C(=O)c1cccs1)C1CCCCC1. The van der Waals surface area contributed by atoms with E-state index >= 15 is 0 Å². The van der Waals surface area contributed by atoms with Crippen LogP contribution in [0, 0.1) is 12.7 Å². The van der Waals surface area contributed by atoms with E-state index in [0.717, 1.165) is 41.7 Å². The maximum absolute atomic E-state index is 13.6. The van der Waals surface area contributed by atoms with Crippen molar-refractivity contribution in [2.24, 2.45) is 0 Å². The maximum atomic E-state index is 13.6. The molecular weight excluding hydrogens is 455 g/mol. The molecule has 7 heteroatoms. The molecule has 174 valence electrons. The Morgan fingerprint density at radius 3 is 2.36 bits per heavy atom. The van der Waals surface area contributed by atoms with Gasteiger partial charge in [0.25, 0.3) is 5.91 Å². The molecule has 1 aliphatic carbocycles. The van der Waals surface area contributed by atoms with Gasteiger partial charge in [-0.05, 0) is 65.9 Å². The van der Waals surface area contributed by atoms with Gasteiger partial charge in [-0.1, -0.05) is 37.5 Å². The molecule has 33 heavy (non-hydrogen) atoms. The second kappa shape index (κ2) is 11.1. The lowest BCUT2D eigenvalue weighted by Crippen LogP contribution is -2.47. The molecule has 4 rings (SSSR count). The molecule has 0 unspecified atom stereocenters. The van der Waals surface area contributed by atoms with E-state index in [4.69, 9.17) is 0 Å². The van der Waals surface area contributed by atoms with Crippen LogP contribution in [0.15, 0.2) is 53.2 Å². The average molecular weight is 485 g/mol. The van der Waals surface area contributed by atoms with E-state index in [1.54, 1.807) is 33.3 Å². The largest absolute Gasteiger partial charge is 0.332 e. The van der Waals surface area contributed by atoms with Gasteiger partial charge in [0.2, 0.25) is 5.91 Å². The zero-order valence-electron chi connectivity index (χ0n) is 18.8. The van der Waals surface area contributed by atoms with Crippen molar-refractivity contribution in [2.45, 2.75) is 58.2 Å². The third kappa shape index (κ3) is 6.09. The highest BCUT2D eigenvalue weighted by atomic mass is 32.1. The molecule has 0 aliphatic heterocycles. The number of carbonyl (C=O) groups is 2. The van der Waals surface area contributed by atoms with Crippen molar-refractivity contribution in [3.63, 3.8) is 0 Å². The van der Waals surface area contributed by atoms with Crippen molar-refractivity contribution in [1.29, 1.82) is 0 Å². The van der Waals surface area contributed by atoms with Crippen LogP contribution in [0.2, 0.25) is 0 Å². The van der Waals surface area contributed by atoms with Crippen LogP contribution in [0.4, 0.5) is 4.39 Å². The van der Waals surface area contributed by atoms with Gasteiger partial charge in [0.1, 0.15) is 12.4 Å². The summed E-state index contributed by atoms with van der Waals surface area (Å²) >= 11 is 3.05. The number of carbonyl (C=O) groups excluding carboxylic acids is 2. The first-order valence-electron chi connectivity index (χ1n) is 11.4. The second-order valence-electron chi connectivity index (χ2n) is 8.61. The van der Waals surface area contributed by atoms with Crippen LogP contribution in [-0.4, -0.2) is 34.2 Å². The van der Waals surface area contributed by atoms with Gasteiger partial charge in [-0.3, -0.25) is 9.59 Å². The van der Waals surface area contributed by atoms with E-state index in [9.17, 15) is 14.0 Å². The highest BCUT2D eigenvalue weighted by Crippen LogP contribution is 2.26. The molecule has 2 amide bonds. The summed E-state index contributed by atoms with van der Waals surface area (Å²) in [4.78, 5) is 32.4. The average Bonchev–Trinajstić information content (AvgIpc) is 3.51. The summed E-state index contributed by atoms with van der Waals surface area (Å²) in [6.07, 6.45) is 5.22. The second-order valence-corrected chi connectivity index (χ2v) is 10.6. The van der Waals surface area contributed by atoms with Crippen LogP contribution in [0.25, 0.3) is 0 Å². The summed E-state index contributed by atoms with van der Waals surface area (Å²) in [5.41, 5.74) is 2.02. The number of aryl methyl sites for hydroxylation is 1. The van der Waals surface area contributed by atoms with Crippen LogP contribution in [0.1, 0.15) is 57.8 Å². The van der Waals surface area contributed by atoms with Crippen molar-refractivity contribution in [3.05, 3.63) is 79.9 Å². The van der Waals surface area contributed by atoms with Gasteiger partial charge in [-0.15, -0.1) is 22.7 Å². The van der Waals surface area contributed by atoms with Gasteiger partial charge in [0.05, 0.1) is 11.4 Å². The van der Waals surface area contributed by atoms with Crippen molar-refractivity contribution in [2.75, 3.05) is 6.54 Å². The first kappa shape index (κ1) is 23.6. The van der Waals surface area contributed by atoms with Crippen LogP contribution in [-0.2, 0) is 17.9 Å². The van der Waals surface area contributed by atoms with Crippen molar-refractivity contribution in [1.82, 2.24) is 9.80 Å². The molecule has 0 saturated heterocycles. The quantitative estimate of drug-likeness (QED) is 0.379. The molecule has 1 aromatic carbocycles. The normalized spacial score (nSPS) is 14.2. The predicted octanol–water partition coefficient (Wildman–Crippen LogP) is 6.26. The van der Waals surface area contributed by atoms with Gasteiger partial charge in [-0.2, -0.15) is 0 Å². The first-order chi connectivity index (χ1) is 16.0. The van der Waals surface area contributed by atoms with E-state index in [2.05, 4.69) is 6.07 Å². The number of nitrogens with zero attached hydrogens (tertiary/aromatic N) is 2. The van der Waals surface area contributed by atoms with Gasteiger partial charge in [0.15, 0.2) is 0 Å². The Morgan fingerprint density at radius 1 is 0.970 bits per heavy atom. The number of rotatable bonds is 8. The summed E-state index contributed by atoms with van der Waals surface area (Å²) < 4.78 is 13.4. The number of thiophene rings is 2. The third-order valence-corrected chi connectivity index (χ3v) is 8.12. The Morgan fingerprint density at radius 2 is 1.73 bits per heavy atom. The van der Waals surface area contributed by atoms with E-state index in [0.29, 0.717) is 18.0 Å². The smallest absolute Gasteiger partial charge is 0.264 e. The Labute approximate surface area is 202 Å². The molecule has 0 spiro atoms. The standard InChI is InChI=1S/C26H29FN2O2S2/c1-19-13-15-33-24(19)17-28(16-20-9-11-21(27)12-10-20)25(30)18-29(22-6-3-2-4-7-22)26(31)23-8-5-14-32-23/h5,8-15,22H,2-4,6-7,16-18H2,1H3. The highest BCUT2D eigenvalue weighted by molar-refractivity contribution is 7.12. The Bertz CT molecular complexity index is 1060. The number of benzene rings is 1. The number of halogens is 1. The maximum Gasteiger partial charge on any atom is 0.264 e. The summed E-state index contributed by atoms with van der Waals surface area (Å²) in [6, 6.07) is 12.1. The van der Waals surface area contributed by atoms with Crippen LogP contribution in [0.3, 0.4) is 0 Å². The van der Waals surface area contributed by atoms with Gasteiger partial charge in [-0.25, -0.2) is 4.39 Å². The van der Waals surface area contributed by atoms with E-state index < -0.39 is 0 Å². The molecular formula is C26H29FN2O2S2. The van der Waals surface area contributed by atoms with Crippen LogP contribution < -0.4 is 0 Å². The molecule has 4 nitrogen and oxygen atoms in total. The summed E-state index contributed by atoms with van der Waals surface area (Å²) in [5, 5.41) is 3.92. The zero-order chi connectivity index (χ0) is 23.2. The Kier molecular flexibility index (Phi) is 7.93. The molecule has 1 fully saturated rings. The molecule has 2 heterocycles. The monoisotopic (exact) mass is 484 g/mol. The van der Waals surface area contributed by atoms with Crippen LogP contribution in [0.5, 0.6) is 0 Å². The van der Waals surface area contributed by atoms with E-state index in [1.165, 1.54) is 29.9 Å². The minimum atomic E-state index is -0.296. The zero-order valence-corrected chi connectivity index (χ0v) is 20.5. The lowest BCUT2D eigenvalue weighted by Gasteiger charge is -2.35. The fraction of sp³-hybridized carbons (Fsp3) is 0.385. The molecule has 0 radical (unpaired) electrons. The Hall–Kier alpha value is -2.51. The number of amides is 2. The molecule has 2 aromatic heterocycles. The molecule has 1 aliphatic rings. The summed E-state index contributed by atoms with van der Waals surface area (Å²) in [5.74, 6) is -0.433. The van der Waals surface area contributed by atoms with Crippen molar-refractivity contribution >= 4 is 34.5 Å². The van der Waals surface area contributed by atoms with E-state index in [-0.39, 0.29) is 30.2 Å². The lowest BCUT2D eigenvalue weighted by atomic mass is 9.94. The van der Waals surface area contributed by atoms with E-state index in [1.807, 2.05) is 29.8 Å². The van der Waals surface area contributed by atoms with Gasteiger partial charge in [0, 0.05) is 17.5 Å². The van der Waals surface area contributed by atoms with Crippen molar-refractivity contribution < 1.29 is 14.0 Å². The van der Waals surface area contributed by atoms with Crippen LogP contribution >= 0.6 is 22.7 Å². The number of hydrogen-bond acceptors (Lipinski definition) is 4. The topological polar surface area (TPSA) is 40.6 Å². The number of hydrogen-bond donors (Lipinski definition) is 0. The molecule has 0 N–H and O–H groups in total. The Balaban J connectivity index is 1.57. The summed E-state index contributed by atoms with van der Waals surface area (Å²) in [7, 11) is 0. The molecule has 1 saturated carbocycles.